The highest BCUT2D eigenvalue weighted by Crippen LogP contribution is 2.23. The van der Waals surface area contributed by atoms with Crippen LogP contribution in [0.4, 0.5) is 0 Å². The Labute approximate surface area is 217 Å². The summed E-state index contributed by atoms with van der Waals surface area (Å²) < 4.78 is 0. The summed E-state index contributed by atoms with van der Waals surface area (Å²) in [7, 11) is 0. The Morgan fingerprint density at radius 2 is 1.71 bits per heavy atom. The molecule has 0 saturated heterocycles. The number of ketones is 1. The van der Waals surface area contributed by atoms with Crippen molar-refractivity contribution in [1.82, 2.24) is 25.9 Å². The molecule has 1 aromatic heterocycles. The fourth-order valence-electron chi connectivity index (χ4n) is 3.67. The summed E-state index contributed by atoms with van der Waals surface area (Å²) in [5, 5.41) is 25.6. The van der Waals surface area contributed by atoms with E-state index >= 15 is 0 Å². The number of H-pyrrole nitrogens is 1. The minimum Gasteiger partial charge on any atom is -0.481 e. The Balaban J connectivity index is 3.52. The lowest BCUT2D eigenvalue weighted by Crippen LogP contribution is -2.72. The molecule has 0 aliphatic rings. The third-order valence-corrected chi connectivity index (χ3v) is 5.62. The standard InChI is InChI=1S/C22H33N7O9/c1-10(2)22(18(34)13(23)7-17(32)33,29-19(35)14(27-11(3)30)4-5-16(24)31)21(38)28-15(20(36)37)6-12-8-25-9-26-12/h8-10,13-15H,4-7,23H2,1-3H3,(H2,24,31)(H,25,26)(H,27,30)(H,28,38)(H,29,35)(H,32,33)(H,36,37)/t13-,14-,15-,22+/m0/s1. The minimum atomic E-state index is -2.56. The van der Waals surface area contributed by atoms with Crippen LogP contribution in [0, 0.1) is 5.92 Å². The highest BCUT2D eigenvalue weighted by Gasteiger charge is 2.53. The van der Waals surface area contributed by atoms with E-state index in [1.165, 1.54) is 26.4 Å². The van der Waals surface area contributed by atoms with E-state index in [1.807, 2.05) is 0 Å². The molecule has 1 heterocycles. The predicted molar refractivity (Wildman–Crippen MR) is 129 cm³/mol. The summed E-state index contributed by atoms with van der Waals surface area (Å²) in [6.07, 6.45) is 0.817. The monoisotopic (exact) mass is 539 g/mol. The van der Waals surface area contributed by atoms with E-state index < -0.39 is 77.4 Å². The van der Waals surface area contributed by atoms with E-state index in [9.17, 15) is 38.7 Å². The lowest BCUT2D eigenvalue weighted by molar-refractivity contribution is -0.150. The number of nitrogens with two attached hydrogens (primary N) is 2. The first-order valence-corrected chi connectivity index (χ1v) is 11.5. The molecule has 4 amide bonds. The van der Waals surface area contributed by atoms with E-state index in [4.69, 9.17) is 16.6 Å². The maximum absolute atomic E-state index is 13.6. The molecule has 16 nitrogen and oxygen atoms in total. The summed E-state index contributed by atoms with van der Waals surface area (Å²) in [6, 6.07) is -4.79. The lowest BCUT2D eigenvalue weighted by Gasteiger charge is -2.38. The summed E-state index contributed by atoms with van der Waals surface area (Å²) in [5.41, 5.74) is 8.70. The Morgan fingerprint density at radius 3 is 2.16 bits per heavy atom. The maximum Gasteiger partial charge on any atom is 0.326 e. The van der Waals surface area contributed by atoms with Gasteiger partial charge in [0, 0.05) is 31.7 Å². The first-order chi connectivity index (χ1) is 17.6. The van der Waals surface area contributed by atoms with E-state index in [-0.39, 0.29) is 19.3 Å². The second-order valence-electron chi connectivity index (χ2n) is 8.92. The van der Waals surface area contributed by atoms with Crippen molar-refractivity contribution in [3.8, 4) is 0 Å². The van der Waals surface area contributed by atoms with E-state index in [2.05, 4.69) is 25.9 Å². The molecule has 0 fully saturated rings. The van der Waals surface area contributed by atoms with Crippen LogP contribution in [0.2, 0.25) is 0 Å². The van der Waals surface area contributed by atoms with Crippen LogP contribution in [-0.2, 0) is 40.0 Å². The number of primary amides is 1. The molecule has 0 spiro atoms. The van der Waals surface area contributed by atoms with Gasteiger partial charge in [-0.1, -0.05) is 13.8 Å². The Bertz CT molecular complexity index is 1060. The lowest BCUT2D eigenvalue weighted by atomic mass is 9.77. The van der Waals surface area contributed by atoms with Crippen molar-refractivity contribution in [3.05, 3.63) is 18.2 Å². The number of hydrogen-bond donors (Lipinski definition) is 8. The van der Waals surface area contributed by atoms with E-state index in [0.717, 1.165) is 6.92 Å². The van der Waals surface area contributed by atoms with Gasteiger partial charge >= 0.3 is 11.9 Å². The highest BCUT2D eigenvalue weighted by molar-refractivity contribution is 6.16. The molecule has 38 heavy (non-hydrogen) atoms. The normalized spacial score (nSPS) is 14.9. The number of aliphatic carboxylic acids is 2. The van der Waals surface area contributed by atoms with Gasteiger partial charge in [0.25, 0.3) is 5.91 Å². The van der Waals surface area contributed by atoms with Gasteiger partial charge in [-0.3, -0.25) is 28.8 Å². The van der Waals surface area contributed by atoms with Crippen LogP contribution in [0.3, 0.4) is 0 Å². The average Bonchev–Trinajstić information content (AvgIpc) is 3.31. The summed E-state index contributed by atoms with van der Waals surface area (Å²) >= 11 is 0. The first-order valence-electron chi connectivity index (χ1n) is 11.5. The maximum atomic E-state index is 13.6. The summed E-state index contributed by atoms with van der Waals surface area (Å²) in [6.45, 7) is 3.80. The number of carboxylic acid groups (broad SMARTS) is 2. The zero-order valence-corrected chi connectivity index (χ0v) is 21.1. The van der Waals surface area contributed by atoms with Crippen LogP contribution in [0.25, 0.3) is 0 Å². The van der Waals surface area contributed by atoms with Crippen LogP contribution in [0.1, 0.15) is 45.7 Å². The van der Waals surface area contributed by atoms with Crippen molar-refractivity contribution < 1.29 is 43.8 Å². The average molecular weight is 540 g/mol. The number of carboxylic acids is 2. The van der Waals surface area contributed by atoms with Gasteiger partial charge in [0.2, 0.25) is 17.7 Å². The van der Waals surface area contributed by atoms with Gasteiger partial charge < -0.3 is 42.6 Å². The van der Waals surface area contributed by atoms with Crippen LogP contribution >= 0.6 is 0 Å². The molecule has 0 saturated carbocycles. The smallest absolute Gasteiger partial charge is 0.326 e. The van der Waals surface area contributed by atoms with Crippen molar-refractivity contribution in [2.75, 3.05) is 0 Å². The number of Topliss-reactive ketones (excluding diaryl/α,β-unsaturated/α-hetero) is 1. The van der Waals surface area contributed by atoms with Crippen LogP contribution < -0.4 is 27.4 Å². The van der Waals surface area contributed by atoms with E-state index in [0.29, 0.717) is 5.69 Å². The molecule has 1 rings (SSSR count). The molecular weight excluding hydrogens is 506 g/mol. The zero-order chi connectivity index (χ0) is 29.2. The fraction of sp³-hybridized carbons (Fsp3) is 0.545. The molecule has 210 valence electrons. The van der Waals surface area contributed by atoms with E-state index in [1.54, 1.807) is 0 Å². The van der Waals surface area contributed by atoms with Gasteiger partial charge in [-0.15, -0.1) is 0 Å². The molecule has 16 heteroatoms. The fourth-order valence-corrected chi connectivity index (χ4v) is 3.67. The van der Waals surface area contributed by atoms with Crippen molar-refractivity contribution >= 4 is 41.4 Å². The number of aromatic amines is 1. The molecule has 4 atom stereocenters. The number of hydrogen-bond acceptors (Lipinski definition) is 9. The number of imidazole rings is 1. The molecule has 0 aliphatic heterocycles. The Kier molecular flexibility index (Phi) is 11.5. The molecular formula is C22H33N7O9. The van der Waals surface area contributed by atoms with Gasteiger partial charge in [-0.2, -0.15) is 0 Å². The number of carbonyl (C=O) groups excluding carboxylic acids is 5. The van der Waals surface area contributed by atoms with Crippen LogP contribution in [-0.4, -0.2) is 85.2 Å². The number of nitrogens with one attached hydrogen (secondary N) is 4. The van der Waals surface area contributed by atoms with Gasteiger partial charge in [-0.05, 0) is 12.3 Å². The number of nitrogens with zero attached hydrogens (tertiary/aromatic N) is 1. The first kappa shape index (κ1) is 31.7. The molecule has 0 bridgehead atoms. The minimum absolute atomic E-state index is 0.272. The number of carbonyl (C=O) groups is 7. The van der Waals surface area contributed by atoms with Crippen LogP contribution in [0.5, 0.6) is 0 Å². The summed E-state index contributed by atoms with van der Waals surface area (Å²) in [5.74, 6) is -9.04. The van der Waals surface area contributed by atoms with Gasteiger partial charge in [0.15, 0.2) is 11.3 Å². The van der Waals surface area contributed by atoms with Gasteiger partial charge in [-0.25, -0.2) is 9.78 Å². The molecule has 0 radical (unpaired) electrons. The largest absolute Gasteiger partial charge is 0.481 e. The van der Waals surface area contributed by atoms with Crippen molar-refractivity contribution in [2.45, 2.75) is 70.1 Å². The van der Waals surface area contributed by atoms with Gasteiger partial charge in [0.1, 0.15) is 12.1 Å². The SMILES string of the molecule is CC(=O)N[C@@H](CCC(N)=O)C(=O)N[C@@](C(=O)N[C@@H](Cc1cnc[nH]1)C(=O)O)(C(=O)[C@@H](N)CC(=O)O)C(C)C. The van der Waals surface area contributed by atoms with Crippen molar-refractivity contribution in [3.63, 3.8) is 0 Å². The topological polar surface area (TPSA) is 277 Å². The number of amides is 4. The third kappa shape index (κ3) is 8.65. The third-order valence-electron chi connectivity index (χ3n) is 5.62. The second-order valence-corrected chi connectivity index (χ2v) is 8.92. The quantitative estimate of drug-likeness (QED) is 0.0991. The van der Waals surface area contributed by atoms with Crippen molar-refractivity contribution in [1.29, 1.82) is 0 Å². The molecule has 1 aromatic rings. The molecule has 0 aliphatic carbocycles. The Hall–Kier alpha value is -4.34. The zero-order valence-electron chi connectivity index (χ0n) is 21.1. The predicted octanol–water partition coefficient (Wildman–Crippen LogP) is -2.83. The van der Waals surface area contributed by atoms with Gasteiger partial charge in [0.05, 0.1) is 18.8 Å². The second kappa shape index (κ2) is 13.8. The molecule has 0 aromatic carbocycles. The number of rotatable bonds is 16. The van der Waals surface area contributed by atoms with Crippen molar-refractivity contribution in [2.24, 2.45) is 17.4 Å². The summed E-state index contributed by atoms with van der Waals surface area (Å²) in [4.78, 5) is 92.9. The molecule has 0 unspecified atom stereocenters. The molecule has 10 N–H and O–H groups in total. The number of aromatic nitrogens is 2. The highest BCUT2D eigenvalue weighted by atomic mass is 16.4. The Morgan fingerprint density at radius 1 is 1.08 bits per heavy atom. The van der Waals surface area contributed by atoms with Crippen LogP contribution in [0.15, 0.2) is 12.5 Å².